The van der Waals surface area contributed by atoms with Gasteiger partial charge in [0.05, 0.1) is 18.5 Å². The highest BCUT2D eigenvalue weighted by Crippen LogP contribution is 2.25. The number of carbonyl (C=O) groups is 4. The van der Waals surface area contributed by atoms with Gasteiger partial charge in [0.15, 0.2) is 5.78 Å². The van der Waals surface area contributed by atoms with Crippen LogP contribution < -0.4 is 21.7 Å². The molecule has 0 bridgehead atoms. The Morgan fingerprint density at radius 1 is 0.900 bits per heavy atom. The molecule has 30 heavy (non-hydrogen) atoms. The van der Waals surface area contributed by atoms with Crippen LogP contribution in [0.5, 0.6) is 0 Å². The fourth-order valence-corrected chi connectivity index (χ4v) is 3.30. The summed E-state index contributed by atoms with van der Waals surface area (Å²) in [6.07, 6.45) is 1.14. The Morgan fingerprint density at radius 2 is 1.43 bits per heavy atom. The molecule has 0 saturated carbocycles. The number of rotatable bonds is 12. The largest absolute Gasteiger partial charge is 0.370 e. The molecule has 5 N–H and O–H groups in total. The number of Topliss-reactive ketones (excluding diaryl/α,β-unsaturated/α-hetero) is 1. The van der Waals surface area contributed by atoms with Gasteiger partial charge in [-0.15, -0.1) is 0 Å². The normalized spacial score (nSPS) is 15.3. The van der Waals surface area contributed by atoms with E-state index in [0.29, 0.717) is 6.42 Å². The second kappa shape index (κ2) is 11.4. The summed E-state index contributed by atoms with van der Waals surface area (Å²) >= 11 is 0. The molecule has 8 heteroatoms. The summed E-state index contributed by atoms with van der Waals surface area (Å²) in [4.78, 5) is 49.8. The van der Waals surface area contributed by atoms with E-state index in [1.165, 1.54) is 0 Å². The lowest BCUT2D eigenvalue weighted by Gasteiger charge is -2.31. The Labute approximate surface area is 181 Å². The second-order valence-corrected chi connectivity index (χ2v) is 10.1. The minimum Gasteiger partial charge on any atom is -0.370 e. The van der Waals surface area contributed by atoms with Crippen molar-refractivity contribution in [2.45, 2.75) is 105 Å². The van der Waals surface area contributed by atoms with E-state index in [4.69, 9.17) is 5.73 Å². The van der Waals surface area contributed by atoms with E-state index >= 15 is 0 Å². The summed E-state index contributed by atoms with van der Waals surface area (Å²) in [5.41, 5.74) is 4.32. The van der Waals surface area contributed by atoms with E-state index in [1.807, 2.05) is 41.5 Å². The highest BCUT2D eigenvalue weighted by atomic mass is 16.2. The van der Waals surface area contributed by atoms with Crippen molar-refractivity contribution in [1.82, 2.24) is 16.0 Å². The van der Waals surface area contributed by atoms with Crippen molar-refractivity contribution in [3.05, 3.63) is 0 Å². The molecule has 0 aliphatic carbocycles. The fraction of sp³-hybridized carbons (Fsp3) is 0.818. The molecule has 0 aromatic rings. The molecule has 0 aromatic heterocycles. The van der Waals surface area contributed by atoms with Gasteiger partial charge < -0.3 is 21.7 Å². The number of amides is 3. The third-order valence-electron chi connectivity index (χ3n) is 4.87. The summed E-state index contributed by atoms with van der Waals surface area (Å²) in [7, 11) is 0. The summed E-state index contributed by atoms with van der Waals surface area (Å²) in [5, 5.41) is 8.57. The molecular formula is C22H42N4O4. The van der Waals surface area contributed by atoms with Gasteiger partial charge in [-0.1, -0.05) is 41.0 Å². The van der Waals surface area contributed by atoms with E-state index in [1.54, 1.807) is 20.8 Å². The van der Waals surface area contributed by atoms with Crippen LogP contribution in [-0.4, -0.2) is 47.2 Å². The lowest BCUT2D eigenvalue weighted by Crippen LogP contribution is -2.58. The van der Waals surface area contributed by atoms with Crippen LogP contribution in [0, 0.1) is 11.3 Å². The van der Waals surface area contributed by atoms with Crippen LogP contribution in [0.3, 0.4) is 0 Å². The fourth-order valence-electron chi connectivity index (χ4n) is 3.30. The van der Waals surface area contributed by atoms with Gasteiger partial charge in [0.2, 0.25) is 17.7 Å². The van der Waals surface area contributed by atoms with Crippen molar-refractivity contribution >= 4 is 23.5 Å². The predicted octanol–water partition coefficient (Wildman–Crippen LogP) is 1.66. The zero-order chi connectivity index (χ0) is 23.9. The number of carbonyl (C=O) groups excluding carboxylic acids is 4. The van der Waals surface area contributed by atoms with E-state index in [-0.39, 0.29) is 29.6 Å². The Bertz CT molecular complexity index is 623. The maximum atomic E-state index is 12.9. The first-order valence-electron chi connectivity index (χ1n) is 10.7. The van der Waals surface area contributed by atoms with Gasteiger partial charge in [-0.2, -0.15) is 0 Å². The lowest BCUT2D eigenvalue weighted by molar-refractivity contribution is -0.136. The number of nitrogens with two attached hydrogens (primary N) is 1. The first kappa shape index (κ1) is 28.0. The summed E-state index contributed by atoms with van der Waals surface area (Å²) in [6.45, 7) is 16.8. The standard InChI is InChI=1S/C22H42N4O4/c1-10-11-22(8,9)18(28)15(12-16(23)27)25-19(29)14(4)24-20(30)17(13(2)3)26-21(5,6)7/h13-15,17,26H,10-12H2,1-9H3,(H2,23,27)(H,24,30)(H,25,29)/t14-,15-,17-/m0/s1. The van der Waals surface area contributed by atoms with Crippen LogP contribution >= 0.6 is 0 Å². The van der Waals surface area contributed by atoms with Crippen molar-refractivity contribution < 1.29 is 19.2 Å². The molecule has 0 heterocycles. The van der Waals surface area contributed by atoms with Gasteiger partial charge in [-0.05, 0) is 40.0 Å². The molecule has 0 saturated heterocycles. The topological polar surface area (TPSA) is 130 Å². The molecule has 0 fully saturated rings. The molecule has 0 spiro atoms. The maximum Gasteiger partial charge on any atom is 0.242 e. The van der Waals surface area contributed by atoms with Crippen molar-refractivity contribution in [3.63, 3.8) is 0 Å². The van der Waals surface area contributed by atoms with E-state index in [0.717, 1.165) is 6.42 Å². The first-order chi connectivity index (χ1) is 13.5. The van der Waals surface area contributed by atoms with E-state index in [9.17, 15) is 19.2 Å². The summed E-state index contributed by atoms with van der Waals surface area (Å²) in [5.74, 6) is -1.74. The van der Waals surface area contributed by atoms with E-state index in [2.05, 4.69) is 16.0 Å². The molecule has 0 radical (unpaired) electrons. The molecule has 3 atom stereocenters. The molecule has 174 valence electrons. The van der Waals surface area contributed by atoms with Crippen LogP contribution in [0.1, 0.15) is 81.6 Å². The number of nitrogens with one attached hydrogen (secondary N) is 3. The second-order valence-electron chi connectivity index (χ2n) is 10.1. The zero-order valence-electron chi connectivity index (χ0n) is 20.1. The number of primary amides is 1. The quantitative estimate of drug-likeness (QED) is 0.377. The first-order valence-corrected chi connectivity index (χ1v) is 10.7. The van der Waals surface area contributed by atoms with Gasteiger partial charge in [0.1, 0.15) is 6.04 Å². The Hall–Kier alpha value is -1.96. The molecule has 8 nitrogen and oxygen atoms in total. The Balaban J connectivity index is 5.29. The molecular weight excluding hydrogens is 384 g/mol. The minimum absolute atomic E-state index is 0.0125. The van der Waals surface area contributed by atoms with Gasteiger partial charge in [0, 0.05) is 11.0 Å². The van der Waals surface area contributed by atoms with Crippen LogP contribution in [0.4, 0.5) is 0 Å². The van der Waals surface area contributed by atoms with Gasteiger partial charge in [-0.25, -0.2) is 0 Å². The van der Waals surface area contributed by atoms with Gasteiger partial charge in [-0.3, -0.25) is 19.2 Å². The van der Waals surface area contributed by atoms with Crippen LogP contribution in [0.25, 0.3) is 0 Å². The third kappa shape index (κ3) is 9.69. The van der Waals surface area contributed by atoms with Crippen LogP contribution in [-0.2, 0) is 19.2 Å². The number of hydrogen-bond donors (Lipinski definition) is 4. The molecule has 0 aliphatic rings. The van der Waals surface area contributed by atoms with Crippen LogP contribution in [0.2, 0.25) is 0 Å². The molecule has 3 amide bonds. The molecule has 0 unspecified atom stereocenters. The highest BCUT2D eigenvalue weighted by molar-refractivity contribution is 5.97. The van der Waals surface area contributed by atoms with Crippen molar-refractivity contribution in [1.29, 1.82) is 0 Å². The Kier molecular flexibility index (Phi) is 10.7. The summed E-state index contributed by atoms with van der Waals surface area (Å²) in [6, 6.07) is -2.38. The smallest absolute Gasteiger partial charge is 0.242 e. The van der Waals surface area contributed by atoms with Crippen molar-refractivity contribution in [2.75, 3.05) is 0 Å². The molecule has 0 rings (SSSR count). The third-order valence-corrected chi connectivity index (χ3v) is 4.87. The monoisotopic (exact) mass is 426 g/mol. The SMILES string of the molecule is CCCC(C)(C)C(=O)[C@H](CC(N)=O)NC(=O)[C@H](C)NC(=O)[C@@H](NC(C)(C)C)C(C)C. The lowest BCUT2D eigenvalue weighted by atomic mass is 9.79. The minimum atomic E-state index is -1.02. The van der Waals surface area contributed by atoms with Gasteiger partial charge in [0.25, 0.3) is 0 Å². The van der Waals surface area contributed by atoms with Crippen molar-refractivity contribution in [3.8, 4) is 0 Å². The average molecular weight is 427 g/mol. The number of ketones is 1. The van der Waals surface area contributed by atoms with Gasteiger partial charge >= 0.3 is 0 Å². The highest BCUT2D eigenvalue weighted by Gasteiger charge is 2.36. The number of hydrogen-bond acceptors (Lipinski definition) is 5. The summed E-state index contributed by atoms with van der Waals surface area (Å²) < 4.78 is 0. The molecule has 0 aromatic carbocycles. The van der Waals surface area contributed by atoms with Crippen molar-refractivity contribution in [2.24, 2.45) is 17.1 Å². The maximum absolute atomic E-state index is 12.9. The molecule has 0 aliphatic heterocycles. The van der Waals surface area contributed by atoms with E-state index < -0.39 is 35.4 Å². The zero-order valence-corrected chi connectivity index (χ0v) is 20.1. The average Bonchev–Trinajstić information content (AvgIpc) is 2.56. The predicted molar refractivity (Wildman–Crippen MR) is 119 cm³/mol. The van der Waals surface area contributed by atoms with Crippen LogP contribution in [0.15, 0.2) is 0 Å². The Morgan fingerprint density at radius 3 is 1.83 bits per heavy atom.